The number of nitrogens with one attached hydrogen (secondary N) is 1. The van der Waals surface area contributed by atoms with Crippen molar-refractivity contribution in [3.05, 3.63) is 48.1 Å². The van der Waals surface area contributed by atoms with Gasteiger partial charge in [0.2, 0.25) is 5.91 Å². The van der Waals surface area contributed by atoms with E-state index in [0.717, 1.165) is 19.3 Å². The molecule has 0 spiro atoms. The van der Waals surface area contributed by atoms with Crippen LogP contribution in [0.3, 0.4) is 0 Å². The van der Waals surface area contributed by atoms with Crippen LogP contribution in [0.4, 0.5) is 4.39 Å². The lowest BCUT2D eigenvalue weighted by Gasteiger charge is -2.15. The van der Waals surface area contributed by atoms with E-state index in [0.29, 0.717) is 17.4 Å². The number of carbonyl (C=O) groups excluding carboxylic acids is 1. The van der Waals surface area contributed by atoms with E-state index in [1.54, 1.807) is 22.8 Å². The Morgan fingerprint density at radius 3 is 3.00 bits per heavy atom. The fourth-order valence-electron chi connectivity index (χ4n) is 2.95. The van der Waals surface area contributed by atoms with E-state index in [4.69, 9.17) is 0 Å². The van der Waals surface area contributed by atoms with E-state index < -0.39 is 0 Å². The summed E-state index contributed by atoms with van der Waals surface area (Å²) in [5.41, 5.74) is 1.81. The van der Waals surface area contributed by atoms with Crippen LogP contribution in [0.25, 0.3) is 5.69 Å². The van der Waals surface area contributed by atoms with Gasteiger partial charge in [-0.1, -0.05) is 35.5 Å². The molecule has 0 saturated heterocycles. The minimum Gasteiger partial charge on any atom is -0.355 e. The Bertz CT molecular complexity index is 789. The van der Waals surface area contributed by atoms with Gasteiger partial charge in [-0.05, 0) is 51.2 Å². The molecule has 0 aliphatic heterocycles. The highest BCUT2D eigenvalue weighted by atomic mass is 32.2. The van der Waals surface area contributed by atoms with Gasteiger partial charge in [0.05, 0.1) is 10.9 Å². The van der Waals surface area contributed by atoms with Crippen molar-refractivity contribution in [2.75, 3.05) is 6.54 Å². The molecule has 1 atom stereocenters. The third-order valence-electron chi connectivity index (χ3n) is 4.41. The summed E-state index contributed by atoms with van der Waals surface area (Å²) in [7, 11) is 0. The summed E-state index contributed by atoms with van der Waals surface area (Å²) in [6, 6.07) is 6.43. The average Bonchev–Trinajstić information content (AvgIpc) is 3.10. The molecule has 5 nitrogen and oxygen atoms in total. The van der Waals surface area contributed by atoms with Crippen LogP contribution in [-0.2, 0) is 4.79 Å². The smallest absolute Gasteiger partial charge is 0.233 e. The van der Waals surface area contributed by atoms with E-state index in [1.807, 2.05) is 6.92 Å². The predicted octanol–water partition coefficient (Wildman–Crippen LogP) is 3.89. The molecule has 1 aromatic heterocycles. The Hall–Kier alpha value is -2.15. The van der Waals surface area contributed by atoms with Crippen molar-refractivity contribution in [2.45, 2.75) is 49.4 Å². The second kappa shape index (κ2) is 8.98. The summed E-state index contributed by atoms with van der Waals surface area (Å²) >= 11 is 1.27. The van der Waals surface area contributed by atoms with Crippen LogP contribution < -0.4 is 5.32 Å². The van der Waals surface area contributed by atoms with E-state index in [1.165, 1.54) is 42.6 Å². The largest absolute Gasteiger partial charge is 0.355 e. The Morgan fingerprint density at radius 1 is 1.38 bits per heavy atom. The molecule has 0 saturated carbocycles. The summed E-state index contributed by atoms with van der Waals surface area (Å²) in [6.07, 6.45) is 9.48. The van der Waals surface area contributed by atoms with Crippen molar-refractivity contribution in [3.63, 3.8) is 0 Å². The van der Waals surface area contributed by atoms with Crippen LogP contribution in [0, 0.1) is 5.82 Å². The molecule has 2 aromatic rings. The molecule has 1 aliphatic carbocycles. The summed E-state index contributed by atoms with van der Waals surface area (Å²) in [6.45, 7) is 2.47. The highest BCUT2D eigenvalue weighted by Gasteiger charge is 2.19. The number of hydrogen-bond donors (Lipinski definition) is 1. The maximum atomic E-state index is 14.0. The van der Waals surface area contributed by atoms with Crippen LogP contribution in [0.1, 0.15) is 39.0 Å². The number of rotatable bonds is 7. The highest BCUT2D eigenvalue weighted by Crippen LogP contribution is 2.25. The van der Waals surface area contributed by atoms with Gasteiger partial charge in [0.25, 0.3) is 0 Å². The fourth-order valence-corrected chi connectivity index (χ4v) is 3.81. The van der Waals surface area contributed by atoms with E-state index in [9.17, 15) is 9.18 Å². The topological polar surface area (TPSA) is 59.8 Å². The van der Waals surface area contributed by atoms with Crippen molar-refractivity contribution in [3.8, 4) is 5.69 Å². The zero-order chi connectivity index (χ0) is 18.4. The molecule has 1 aromatic carbocycles. The molecule has 0 unspecified atom stereocenters. The number of halogens is 1. The number of aromatic nitrogens is 3. The highest BCUT2D eigenvalue weighted by molar-refractivity contribution is 8.00. The van der Waals surface area contributed by atoms with Crippen molar-refractivity contribution in [2.24, 2.45) is 0 Å². The maximum Gasteiger partial charge on any atom is 0.233 e. The Morgan fingerprint density at radius 2 is 2.23 bits per heavy atom. The Labute approximate surface area is 157 Å². The lowest BCUT2D eigenvalue weighted by Crippen LogP contribution is -2.32. The second-order valence-electron chi connectivity index (χ2n) is 6.34. The molecule has 1 amide bonds. The number of nitrogens with zero attached hydrogens (tertiary/aromatic N) is 3. The number of amides is 1. The van der Waals surface area contributed by atoms with Gasteiger partial charge in [0.1, 0.15) is 12.1 Å². The van der Waals surface area contributed by atoms with Gasteiger partial charge in [0.15, 0.2) is 5.16 Å². The first-order chi connectivity index (χ1) is 12.6. The molecule has 3 rings (SSSR count). The molecule has 1 aliphatic rings. The number of hydrogen-bond acceptors (Lipinski definition) is 4. The summed E-state index contributed by atoms with van der Waals surface area (Å²) in [5.74, 6) is -0.401. The Balaban J connectivity index is 1.56. The van der Waals surface area contributed by atoms with E-state index >= 15 is 0 Å². The number of allylic oxidation sites excluding steroid dienone is 1. The molecule has 0 bridgehead atoms. The lowest BCUT2D eigenvalue weighted by atomic mass is 9.97. The number of benzene rings is 1. The third kappa shape index (κ3) is 4.72. The van der Waals surface area contributed by atoms with Crippen molar-refractivity contribution in [1.29, 1.82) is 0 Å². The first-order valence-electron chi connectivity index (χ1n) is 8.92. The monoisotopic (exact) mass is 374 g/mol. The number of thioether (sulfide) groups is 1. The lowest BCUT2D eigenvalue weighted by molar-refractivity contribution is -0.120. The molecular formula is C19H23FN4OS. The van der Waals surface area contributed by atoms with Gasteiger partial charge in [-0.3, -0.25) is 9.36 Å². The van der Waals surface area contributed by atoms with Gasteiger partial charge >= 0.3 is 0 Å². The zero-order valence-electron chi connectivity index (χ0n) is 14.8. The van der Waals surface area contributed by atoms with Crippen molar-refractivity contribution in [1.82, 2.24) is 20.1 Å². The van der Waals surface area contributed by atoms with Crippen LogP contribution in [-0.4, -0.2) is 32.5 Å². The first-order valence-corrected chi connectivity index (χ1v) is 9.80. The van der Waals surface area contributed by atoms with E-state index in [-0.39, 0.29) is 17.0 Å². The molecule has 7 heteroatoms. The molecule has 1 N–H and O–H groups in total. The maximum absolute atomic E-state index is 14.0. The standard InChI is InChI=1S/C19H23FN4OS/c1-14(18(25)21-12-11-15-7-3-2-4-8-15)26-19-23-22-13-24(19)17-10-6-5-9-16(17)20/h5-7,9-10,13-14H,2-4,8,11-12H2,1H3,(H,21,25)/t14-/m1/s1. The number of carbonyl (C=O) groups is 1. The number of para-hydroxylation sites is 1. The van der Waals surface area contributed by atoms with Gasteiger partial charge in [-0.25, -0.2) is 4.39 Å². The Kier molecular flexibility index (Phi) is 6.44. The molecule has 0 radical (unpaired) electrons. The van der Waals surface area contributed by atoms with Crippen LogP contribution in [0.15, 0.2) is 47.4 Å². The summed E-state index contributed by atoms with van der Waals surface area (Å²) in [4.78, 5) is 12.3. The SMILES string of the molecule is C[C@@H](Sc1nncn1-c1ccccc1F)C(=O)NCCC1=CCCCC1. The molecule has 26 heavy (non-hydrogen) atoms. The average molecular weight is 374 g/mol. The van der Waals surface area contributed by atoms with Crippen molar-refractivity contribution < 1.29 is 9.18 Å². The molecule has 1 heterocycles. The van der Waals surface area contributed by atoms with Crippen LogP contribution in [0.5, 0.6) is 0 Å². The molecule has 0 fully saturated rings. The first kappa shape index (κ1) is 18.6. The second-order valence-corrected chi connectivity index (χ2v) is 7.65. The van der Waals surface area contributed by atoms with Gasteiger partial charge < -0.3 is 5.32 Å². The van der Waals surface area contributed by atoms with Crippen LogP contribution >= 0.6 is 11.8 Å². The van der Waals surface area contributed by atoms with Gasteiger partial charge in [0, 0.05) is 6.54 Å². The molecule has 138 valence electrons. The minimum atomic E-state index is -0.355. The van der Waals surface area contributed by atoms with Gasteiger partial charge in [-0.2, -0.15) is 0 Å². The third-order valence-corrected chi connectivity index (χ3v) is 5.47. The fraction of sp³-hybridized carbons (Fsp3) is 0.421. The summed E-state index contributed by atoms with van der Waals surface area (Å²) < 4.78 is 15.6. The van der Waals surface area contributed by atoms with Crippen LogP contribution in [0.2, 0.25) is 0 Å². The zero-order valence-corrected chi connectivity index (χ0v) is 15.6. The predicted molar refractivity (Wildman–Crippen MR) is 101 cm³/mol. The minimum absolute atomic E-state index is 0.0468. The van der Waals surface area contributed by atoms with Crippen molar-refractivity contribution >= 4 is 17.7 Å². The van der Waals surface area contributed by atoms with E-state index in [2.05, 4.69) is 21.6 Å². The normalized spacial score (nSPS) is 15.4. The quantitative estimate of drug-likeness (QED) is 0.590. The van der Waals surface area contributed by atoms with Gasteiger partial charge in [-0.15, -0.1) is 10.2 Å². The summed E-state index contributed by atoms with van der Waals surface area (Å²) in [5, 5.41) is 11.0. The molecular weight excluding hydrogens is 351 g/mol.